The minimum Gasteiger partial charge on any atom is -0.466 e. The van der Waals surface area contributed by atoms with Crippen molar-refractivity contribution in [1.82, 2.24) is 0 Å². The summed E-state index contributed by atoms with van der Waals surface area (Å²) < 4.78 is 5.08. The second-order valence-electron chi connectivity index (χ2n) is 5.25. The van der Waals surface area contributed by atoms with Crippen molar-refractivity contribution < 1.29 is 14.3 Å². The smallest absolute Gasteiger partial charge is 0.326 e. The van der Waals surface area contributed by atoms with E-state index in [0.717, 1.165) is 16.9 Å². The van der Waals surface area contributed by atoms with Crippen LogP contribution in [0.4, 0.5) is 16.2 Å². The molecule has 0 bridgehead atoms. The molecule has 0 spiro atoms. The van der Waals surface area contributed by atoms with Gasteiger partial charge in [0.25, 0.3) is 0 Å². The van der Waals surface area contributed by atoms with E-state index in [2.05, 4.69) is 5.32 Å². The molecule has 1 unspecified atom stereocenters. The first-order chi connectivity index (χ1) is 11.2. The third-order valence-electron chi connectivity index (χ3n) is 3.79. The number of amides is 2. The topological polar surface area (TPSA) is 58.6 Å². The number of rotatable bonds is 4. The Kier molecular flexibility index (Phi) is 4.28. The fourth-order valence-corrected chi connectivity index (χ4v) is 2.82. The number of urea groups is 1. The lowest BCUT2D eigenvalue weighted by molar-refractivity contribution is -0.143. The van der Waals surface area contributed by atoms with Crippen LogP contribution in [0, 0.1) is 0 Å². The number of para-hydroxylation sites is 2. The molecule has 0 fully saturated rings. The third kappa shape index (κ3) is 3.04. The van der Waals surface area contributed by atoms with Crippen LogP contribution in [0.1, 0.15) is 24.9 Å². The average Bonchev–Trinajstić information content (AvgIpc) is 2.56. The van der Waals surface area contributed by atoms with E-state index in [0.29, 0.717) is 6.61 Å². The molecule has 2 aromatic carbocycles. The van der Waals surface area contributed by atoms with Crippen molar-refractivity contribution in [2.75, 3.05) is 16.8 Å². The Hall–Kier alpha value is -2.82. The summed E-state index contributed by atoms with van der Waals surface area (Å²) in [5.74, 6) is -0.317. The Morgan fingerprint density at radius 3 is 2.57 bits per heavy atom. The Bertz CT molecular complexity index is 715. The first kappa shape index (κ1) is 15.1. The molecule has 2 aromatic rings. The van der Waals surface area contributed by atoms with Gasteiger partial charge in [-0.25, -0.2) is 4.79 Å². The van der Waals surface area contributed by atoms with E-state index in [1.54, 1.807) is 11.8 Å². The number of anilines is 2. The number of hydrogen-bond acceptors (Lipinski definition) is 3. The molecule has 1 heterocycles. The quantitative estimate of drug-likeness (QED) is 0.875. The Labute approximate surface area is 134 Å². The maximum absolute atomic E-state index is 12.6. The van der Waals surface area contributed by atoms with Crippen molar-refractivity contribution in [3.05, 3.63) is 60.2 Å². The minimum absolute atomic E-state index is 0.118. The number of nitrogens with zero attached hydrogens (tertiary/aromatic N) is 1. The zero-order chi connectivity index (χ0) is 16.2. The summed E-state index contributed by atoms with van der Waals surface area (Å²) in [4.78, 5) is 26.2. The molecule has 0 radical (unpaired) electrons. The van der Waals surface area contributed by atoms with Crippen molar-refractivity contribution in [3.8, 4) is 0 Å². The van der Waals surface area contributed by atoms with Crippen LogP contribution in [0.25, 0.3) is 0 Å². The highest BCUT2D eigenvalue weighted by atomic mass is 16.5. The number of esters is 1. The summed E-state index contributed by atoms with van der Waals surface area (Å²) in [6.45, 7) is 2.10. The standard InChI is InChI=1S/C18H18N2O3/c1-2-23-17(21)12-16-14-10-6-7-11-15(14)19-18(22)20(16)13-8-4-3-5-9-13/h3-11,16H,2,12H2,1H3,(H,19,22). The molecule has 1 aliphatic heterocycles. The van der Waals surface area contributed by atoms with Crippen LogP contribution < -0.4 is 10.2 Å². The van der Waals surface area contributed by atoms with Gasteiger partial charge in [0.15, 0.2) is 0 Å². The normalized spacial score (nSPS) is 16.5. The number of ether oxygens (including phenoxy) is 1. The maximum atomic E-state index is 12.6. The average molecular weight is 310 g/mol. The number of hydrogen-bond donors (Lipinski definition) is 1. The van der Waals surface area contributed by atoms with Gasteiger partial charge in [-0.05, 0) is 30.7 Å². The van der Waals surface area contributed by atoms with Crippen molar-refractivity contribution >= 4 is 23.4 Å². The van der Waals surface area contributed by atoms with Crippen molar-refractivity contribution in [2.45, 2.75) is 19.4 Å². The predicted molar refractivity (Wildman–Crippen MR) is 88.4 cm³/mol. The molecule has 1 aliphatic rings. The van der Waals surface area contributed by atoms with Gasteiger partial charge >= 0.3 is 12.0 Å². The molecule has 5 nitrogen and oxygen atoms in total. The highest BCUT2D eigenvalue weighted by Crippen LogP contribution is 2.38. The highest BCUT2D eigenvalue weighted by Gasteiger charge is 2.35. The second kappa shape index (κ2) is 6.52. The Balaban J connectivity index is 2.02. The van der Waals surface area contributed by atoms with Crippen molar-refractivity contribution in [1.29, 1.82) is 0 Å². The van der Waals surface area contributed by atoms with E-state index in [4.69, 9.17) is 4.74 Å². The summed E-state index contributed by atoms with van der Waals surface area (Å²) in [5.41, 5.74) is 2.39. The SMILES string of the molecule is CCOC(=O)CC1c2ccccc2NC(=O)N1c1ccccc1. The molecule has 0 saturated heterocycles. The molecular formula is C18H18N2O3. The zero-order valence-corrected chi connectivity index (χ0v) is 12.9. The highest BCUT2D eigenvalue weighted by molar-refractivity contribution is 6.05. The lowest BCUT2D eigenvalue weighted by Crippen LogP contribution is -2.43. The molecule has 118 valence electrons. The zero-order valence-electron chi connectivity index (χ0n) is 12.9. The van der Waals surface area contributed by atoms with Gasteiger partial charge in [-0.15, -0.1) is 0 Å². The molecule has 1 atom stereocenters. The molecule has 0 aliphatic carbocycles. The first-order valence-corrected chi connectivity index (χ1v) is 7.60. The summed E-state index contributed by atoms with van der Waals surface area (Å²) in [5, 5.41) is 2.88. The van der Waals surface area contributed by atoms with Gasteiger partial charge in [0.2, 0.25) is 0 Å². The van der Waals surface area contributed by atoms with Gasteiger partial charge in [0.1, 0.15) is 0 Å². The van der Waals surface area contributed by atoms with E-state index in [-0.39, 0.29) is 24.5 Å². The van der Waals surface area contributed by atoms with Crippen LogP contribution in [0.5, 0.6) is 0 Å². The minimum atomic E-state index is -0.388. The Morgan fingerprint density at radius 1 is 1.13 bits per heavy atom. The van der Waals surface area contributed by atoms with Crippen LogP contribution in [0.15, 0.2) is 54.6 Å². The Morgan fingerprint density at radius 2 is 1.83 bits per heavy atom. The van der Waals surface area contributed by atoms with Gasteiger partial charge in [0, 0.05) is 11.4 Å². The largest absolute Gasteiger partial charge is 0.466 e. The molecule has 5 heteroatoms. The number of carbonyl (C=O) groups excluding carboxylic acids is 2. The van der Waals surface area contributed by atoms with Gasteiger partial charge in [-0.1, -0.05) is 36.4 Å². The van der Waals surface area contributed by atoms with E-state index in [9.17, 15) is 9.59 Å². The molecular weight excluding hydrogens is 292 g/mol. The first-order valence-electron chi connectivity index (χ1n) is 7.60. The summed E-state index contributed by atoms with van der Waals surface area (Å²) in [7, 11) is 0. The maximum Gasteiger partial charge on any atom is 0.326 e. The second-order valence-corrected chi connectivity index (χ2v) is 5.25. The third-order valence-corrected chi connectivity index (χ3v) is 3.79. The summed E-state index contributed by atoms with van der Waals surface area (Å²) in [6.07, 6.45) is 0.118. The fourth-order valence-electron chi connectivity index (χ4n) is 2.82. The number of benzene rings is 2. The van der Waals surface area contributed by atoms with Crippen LogP contribution >= 0.6 is 0 Å². The van der Waals surface area contributed by atoms with Crippen LogP contribution in [0.3, 0.4) is 0 Å². The van der Waals surface area contributed by atoms with E-state index >= 15 is 0 Å². The molecule has 23 heavy (non-hydrogen) atoms. The summed E-state index contributed by atoms with van der Waals surface area (Å²) in [6, 6.07) is 16.2. The molecule has 0 aromatic heterocycles. The van der Waals surface area contributed by atoms with Gasteiger partial charge in [-0.3, -0.25) is 9.69 Å². The molecule has 0 saturated carbocycles. The van der Waals surface area contributed by atoms with Crippen molar-refractivity contribution in [3.63, 3.8) is 0 Å². The van der Waals surface area contributed by atoms with Crippen LogP contribution in [-0.4, -0.2) is 18.6 Å². The lowest BCUT2D eigenvalue weighted by atomic mass is 9.97. The molecule has 1 N–H and O–H groups in total. The van der Waals surface area contributed by atoms with Crippen molar-refractivity contribution in [2.24, 2.45) is 0 Å². The van der Waals surface area contributed by atoms with Gasteiger partial charge in [-0.2, -0.15) is 0 Å². The number of nitrogens with one attached hydrogen (secondary N) is 1. The molecule has 3 rings (SSSR count). The lowest BCUT2D eigenvalue weighted by Gasteiger charge is -2.37. The van der Waals surface area contributed by atoms with E-state index < -0.39 is 0 Å². The predicted octanol–water partition coefficient (Wildman–Crippen LogP) is 3.73. The molecule has 2 amide bonds. The van der Waals surface area contributed by atoms with Gasteiger partial charge < -0.3 is 10.1 Å². The summed E-state index contributed by atoms with van der Waals surface area (Å²) >= 11 is 0. The fraction of sp³-hybridized carbons (Fsp3) is 0.222. The number of carbonyl (C=O) groups is 2. The van der Waals surface area contributed by atoms with E-state index in [1.807, 2.05) is 54.6 Å². The van der Waals surface area contributed by atoms with Crippen LogP contribution in [-0.2, 0) is 9.53 Å². The van der Waals surface area contributed by atoms with Gasteiger partial charge in [0.05, 0.1) is 19.1 Å². The monoisotopic (exact) mass is 310 g/mol. The number of fused-ring (bicyclic) bond motifs is 1. The van der Waals surface area contributed by atoms with Crippen LogP contribution in [0.2, 0.25) is 0 Å². The van der Waals surface area contributed by atoms with E-state index in [1.165, 1.54) is 0 Å².